The normalized spacial score (nSPS) is 16.1. The van der Waals surface area contributed by atoms with Crippen LogP contribution in [0.4, 0.5) is 0 Å². The third-order valence-electron chi connectivity index (χ3n) is 1.33. The van der Waals surface area contributed by atoms with Gasteiger partial charge in [0.25, 0.3) is 0 Å². The molecule has 0 aromatic rings. The molecule has 2 nitrogen and oxygen atoms in total. The molecule has 3 N–H and O–H groups in total. The van der Waals surface area contributed by atoms with E-state index < -0.39 is 0 Å². The first-order chi connectivity index (χ1) is 3.50. The lowest BCUT2D eigenvalue weighted by Gasteiger charge is -2.23. The van der Waals surface area contributed by atoms with Crippen LogP contribution in [0.3, 0.4) is 0 Å². The van der Waals surface area contributed by atoms with Crippen molar-refractivity contribution < 1.29 is 4.55 Å². The Labute approximate surface area is 54.7 Å². The van der Waals surface area contributed by atoms with Crippen molar-refractivity contribution >= 4 is 12.0 Å². The standard InChI is InChI=1S/C5H13NOS/c1-4(6)5(2,3)8-7/h4,7H,6H2,1-3H3. The van der Waals surface area contributed by atoms with Gasteiger partial charge < -0.3 is 10.3 Å². The van der Waals surface area contributed by atoms with E-state index in [-0.39, 0.29) is 10.8 Å². The summed E-state index contributed by atoms with van der Waals surface area (Å²) in [5.74, 6) is 0. The quantitative estimate of drug-likeness (QED) is 0.561. The van der Waals surface area contributed by atoms with Gasteiger partial charge in [-0.25, -0.2) is 0 Å². The highest BCUT2D eigenvalue weighted by atomic mass is 32.2. The van der Waals surface area contributed by atoms with E-state index in [0.717, 1.165) is 12.0 Å². The van der Waals surface area contributed by atoms with Crippen molar-refractivity contribution in [2.45, 2.75) is 31.6 Å². The predicted molar refractivity (Wildman–Crippen MR) is 37.9 cm³/mol. The minimum absolute atomic E-state index is 0.0255. The molecule has 0 aliphatic carbocycles. The van der Waals surface area contributed by atoms with Crippen LogP contribution in [-0.2, 0) is 0 Å². The van der Waals surface area contributed by atoms with Gasteiger partial charge in [0.1, 0.15) is 0 Å². The molecule has 0 spiro atoms. The van der Waals surface area contributed by atoms with Crippen molar-refractivity contribution in [1.29, 1.82) is 0 Å². The van der Waals surface area contributed by atoms with Gasteiger partial charge in [0.05, 0.1) is 4.75 Å². The van der Waals surface area contributed by atoms with Gasteiger partial charge in [-0.15, -0.1) is 0 Å². The molecule has 50 valence electrons. The van der Waals surface area contributed by atoms with E-state index in [1.54, 1.807) is 0 Å². The van der Waals surface area contributed by atoms with Crippen LogP contribution in [0.1, 0.15) is 20.8 Å². The second-order valence-electron chi connectivity index (χ2n) is 2.48. The molecular formula is C5H13NOS. The zero-order valence-corrected chi connectivity index (χ0v) is 6.33. The molecule has 0 fully saturated rings. The molecule has 0 aliphatic rings. The zero-order chi connectivity index (χ0) is 6.78. The lowest BCUT2D eigenvalue weighted by atomic mass is 10.1. The Balaban J connectivity index is 3.71. The fourth-order valence-corrected chi connectivity index (χ4v) is 0.249. The monoisotopic (exact) mass is 135 g/mol. The van der Waals surface area contributed by atoms with Gasteiger partial charge in [-0.2, -0.15) is 0 Å². The van der Waals surface area contributed by atoms with Gasteiger partial charge in [-0.3, -0.25) is 0 Å². The third-order valence-corrected chi connectivity index (χ3v) is 2.17. The third kappa shape index (κ3) is 2.03. The van der Waals surface area contributed by atoms with Crippen molar-refractivity contribution in [3.05, 3.63) is 0 Å². The summed E-state index contributed by atoms with van der Waals surface area (Å²) in [5, 5.41) is 0. The summed E-state index contributed by atoms with van der Waals surface area (Å²) in [6.07, 6.45) is 0. The summed E-state index contributed by atoms with van der Waals surface area (Å²) in [5.41, 5.74) is 5.50. The molecular weight excluding hydrogens is 122 g/mol. The van der Waals surface area contributed by atoms with Gasteiger partial charge in [-0.1, -0.05) is 0 Å². The van der Waals surface area contributed by atoms with E-state index in [1.165, 1.54) is 0 Å². The largest absolute Gasteiger partial charge is 0.329 e. The van der Waals surface area contributed by atoms with Gasteiger partial charge in [0, 0.05) is 6.04 Å². The molecule has 0 aromatic carbocycles. The topological polar surface area (TPSA) is 46.2 Å². The highest BCUT2D eigenvalue weighted by Crippen LogP contribution is 2.22. The first-order valence-electron chi connectivity index (χ1n) is 2.59. The van der Waals surface area contributed by atoms with Crippen molar-refractivity contribution in [1.82, 2.24) is 0 Å². The van der Waals surface area contributed by atoms with Gasteiger partial charge in [0.2, 0.25) is 0 Å². The maximum atomic E-state index is 8.60. The van der Waals surface area contributed by atoms with E-state index in [0.29, 0.717) is 0 Å². The van der Waals surface area contributed by atoms with Crippen LogP contribution >= 0.6 is 12.0 Å². The van der Waals surface area contributed by atoms with Crippen molar-refractivity contribution in [2.24, 2.45) is 5.73 Å². The molecule has 0 rings (SSSR count). The molecule has 0 aromatic heterocycles. The molecule has 0 amide bonds. The molecule has 0 heterocycles. The summed E-state index contributed by atoms with van der Waals surface area (Å²) in [6.45, 7) is 5.69. The van der Waals surface area contributed by atoms with E-state index in [1.807, 2.05) is 20.8 Å². The van der Waals surface area contributed by atoms with E-state index in [2.05, 4.69) is 0 Å². The van der Waals surface area contributed by atoms with Crippen LogP contribution in [0.5, 0.6) is 0 Å². The first-order valence-corrected chi connectivity index (χ1v) is 3.36. The van der Waals surface area contributed by atoms with Gasteiger partial charge in [-0.05, 0) is 32.8 Å². The molecule has 1 atom stereocenters. The molecule has 1 unspecified atom stereocenters. The smallest absolute Gasteiger partial charge is 0.0511 e. The number of nitrogens with two attached hydrogens (primary N) is 1. The van der Waals surface area contributed by atoms with Crippen LogP contribution in [0.25, 0.3) is 0 Å². The Kier molecular flexibility index (Phi) is 2.80. The summed E-state index contributed by atoms with van der Waals surface area (Å²) in [6, 6.07) is 0.0255. The maximum Gasteiger partial charge on any atom is 0.0511 e. The molecule has 0 radical (unpaired) electrons. The second kappa shape index (κ2) is 2.71. The lowest BCUT2D eigenvalue weighted by Crippen LogP contribution is -2.37. The van der Waals surface area contributed by atoms with Crippen LogP contribution in [0, 0.1) is 0 Å². The molecule has 0 bridgehead atoms. The van der Waals surface area contributed by atoms with Crippen molar-refractivity contribution in [3.8, 4) is 0 Å². The van der Waals surface area contributed by atoms with Gasteiger partial charge in [0.15, 0.2) is 0 Å². The molecule has 0 saturated heterocycles. The zero-order valence-electron chi connectivity index (χ0n) is 5.51. The van der Waals surface area contributed by atoms with Gasteiger partial charge >= 0.3 is 0 Å². The molecule has 0 saturated carbocycles. The average Bonchev–Trinajstić information content (AvgIpc) is 1.67. The number of hydrogen-bond acceptors (Lipinski definition) is 3. The van der Waals surface area contributed by atoms with Crippen LogP contribution < -0.4 is 5.73 Å². The summed E-state index contributed by atoms with van der Waals surface area (Å²) >= 11 is 0.810. The van der Waals surface area contributed by atoms with Crippen LogP contribution in [0.2, 0.25) is 0 Å². The average molecular weight is 135 g/mol. The summed E-state index contributed by atoms with van der Waals surface area (Å²) in [4.78, 5) is 0. The predicted octanol–water partition coefficient (Wildman–Crippen LogP) is 1.32. The highest BCUT2D eigenvalue weighted by Gasteiger charge is 2.22. The first kappa shape index (κ1) is 8.27. The van der Waals surface area contributed by atoms with E-state index >= 15 is 0 Å². The maximum absolute atomic E-state index is 8.60. The fraction of sp³-hybridized carbons (Fsp3) is 1.00. The van der Waals surface area contributed by atoms with Crippen LogP contribution in [0.15, 0.2) is 0 Å². The molecule has 0 aliphatic heterocycles. The van der Waals surface area contributed by atoms with E-state index in [9.17, 15) is 0 Å². The minimum atomic E-state index is -0.208. The van der Waals surface area contributed by atoms with Crippen molar-refractivity contribution in [2.75, 3.05) is 0 Å². The fourth-order valence-electron chi connectivity index (χ4n) is 0.0831. The minimum Gasteiger partial charge on any atom is -0.329 e. The molecule has 8 heavy (non-hydrogen) atoms. The number of hydrogen-bond donors (Lipinski definition) is 2. The Morgan fingerprint density at radius 3 is 2.00 bits per heavy atom. The number of rotatable bonds is 2. The highest BCUT2D eigenvalue weighted by molar-refractivity contribution is 7.95. The van der Waals surface area contributed by atoms with Crippen molar-refractivity contribution in [3.63, 3.8) is 0 Å². The SMILES string of the molecule is CC(N)C(C)(C)SO. The van der Waals surface area contributed by atoms with E-state index in [4.69, 9.17) is 10.3 Å². The Morgan fingerprint density at radius 2 is 2.00 bits per heavy atom. The Hall–Kier alpha value is 0.270. The lowest BCUT2D eigenvalue weighted by molar-refractivity contribution is 0.536. The Morgan fingerprint density at radius 1 is 1.62 bits per heavy atom. The Bertz CT molecular complexity index is 72.8. The summed E-state index contributed by atoms with van der Waals surface area (Å²) < 4.78 is 8.39. The van der Waals surface area contributed by atoms with Crippen LogP contribution in [-0.4, -0.2) is 15.3 Å². The summed E-state index contributed by atoms with van der Waals surface area (Å²) in [7, 11) is 0. The molecule has 3 heteroatoms. The second-order valence-corrected chi connectivity index (χ2v) is 3.72.